The number of nitrogens with one attached hydrogen (secondary N) is 1. The predicted octanol–water partition coefficient (Wildman–Crippen LogP) is 4.28. The second-order valence-electron chi connectivity index (χ2n) is 4.47. The summed E-state index contributed by atoms with van der Waals surface area (Å²) < 4.78 is 1.04. The fourth-order valence-corrected chi connectivity index (χ4v) is 2.62. The molecule has 0 heterocycles. The molecule has 1 aromatic carbocycles. The molecule has 0 aliphatic rings. The van der Waals surface area contributed by atoms with Crippen LogP contribution in [0.3, 0.4) is 0 Å². The Balaban J connectivity index is 2.59. The summed E-state index contributed by atoms with van der Waals surface area (Å²) in [6.07, 6.45) is 2.21. The first kappa shape index (κ1) is 14.0. The lowest BCUT2D eigenvalue weighted by Gasteiger charge is -2.17. The fourth-order valence-electron chi connectivity index (χ4n) is 1.87. The van der Waals surface area contributed by atoms with E-state index in [9.17, 15) is 0 Å². The summed E-state index contributed by atoms with van der Waals surface area (Å²) in [5.41, 5.74) is 1.24. The third kappa shape index (κ3) is 4.44. The van der Waals surface area contributed by atoms with E-state index in [1.165, 1.54) is 12.0 Å². The number of hydrogen-bond acceptors (Lipinski definition) is 1. The van der Waals surface area contributed by atoms with Crippen molar-refractivity contribution in [1.82, 2.24) is 5.32 Å². The van der Waals surface area contributed by atoms with Crippen LogP contribution in [0.2, 0.25) is 5.02 Å². The highest BCUT2D eigenvalue weighted by Crippen LogP contribution is 2.24. The van der Waals surface area contributed by atoms with Gasteiger partial charge in [-0.2, -0.15) is 0 Å². The first-order valence-corrected chi connectivity index (χ1v) is 6.81. The highest BCUT2D eigenvalue weighted by Gasteiger charge is 2.10. The molecular formula is C13H19BrClN. The second-order valence-corrected chi connectivity index (χ2v) is 5.79. The highest BCUT2D eigenvalue weighted by atomic mass is 79.9. The van der Waals surface area contributed by atoms with Crippen molar-refractivity contribution in [3.8, 4) is 0 Å². The van der Waals surface area contributed by atoms with E-state index in [1.807, 2.05) is 13.1 Å². The molecule has 2 atom stereocenters. The summed E-state index contributed by atoms with van der Waals surface area (Å²) in [5.74, 6) is 0.640. The minimum absolute atomic E-state index is 0.559. The molecule has 1 rings (SSSR count). The van der Waals surface area contributed by atoms with Gasteiger partial charge < -0.3 is 5.32 Å². The van der Waals surface area contributed by atoms with Crippen molar-refractivity contribution in [2.24, 2.45) is 5.92 Å². The average molecular weight is 305 g/mol. The lowest BCUT2D eigenvalue weighted by Crippen LogP contribution is -2.24. The molecule has 0 spiro atoms. The standard InChI is InChI=1S/C13H19BrClN/c1-9(6-10(2)16-3)7-11-4-5-12(14)8-13(11)15/h4-5,8-10,16H,6-7H2,1-3H3. The summed E-state index contributed by atoms with van der Waals surface area (Å²) in [6.45, 7) is 4.48. The summed E-state index contributed by atoms with van der Waals surface area (Å²) in [4.78, 5) is 0. The van der Waals surface area contributed by atoms with Crippen LogP contribution in [-0.4, -0.2) is 13.1 Å². The fraction of sp³-hybridized carbons (Fsp3) is 0.538. The van der Waals surface area contributed by atoms with E-state index in [0.29, 0.717) is 12.0 Å². The highest BCUT2D eigenvalue weighted by molar-refractivity contribution is 9.10. The van der Waals surface area contributed by atoms with Crippen LogP contribution in [0, 0.1) is 5.92 Å². The molecule has 0 saturated heterocycles. The van der Waals surface area contributed by atoms with Gasteiger partial charge in [-0.05, 0) is 50.4 Å². The maximum Gasteiger partial charge on any atom is 0.0449 e. The van der Waals surface area contributed by atoms with Crippen molar-refractivity contribution >= 4 is 27.5 Å². The molecule has 0 bridgehead atoms. The minimum atomic E-state index is 0.559. The van der Waals surface area contributed by atoms with E-state index in [1.54, 1.807) is 0 Å². The summed E-state index contributed by atoms with van der Waals surface area (Å²) in [6, 6.07) is 6.68. The van der Waals surface area contributed by atoms with Crippen LogP contribution in [0.4, 0.5) is 0 Å². The van der Waals surface area contributed by atoms with Gasteiger partial charge >= 0.3 is 0 Å². The lowest BCUT2D eigenvalue weighted by molar-refractivity contribution is 0.440. The zero-order chi connectivity index (χ0) is 12.1. The second kappa shape index (κ2) is 6.63. The molecule has 16 heavy (non-hydrogen) atoms. The third-order valence-electron chi connectivity index (χ3n) is 2.83. The topological polar surface area (TPSA) is 12.0 Å². The molecule has 2 unspecified atom stereocenters. The maximum absolute atomic E-state index is 6.20. The number of benzene rings is 1. The van der Waals surface area contributed by atoms with Gasteiger partial charge in [-0.15, -0.1) is 0 Å². The van der Waals surface area contributed by atoms with E-state index < -0.39 is 0 Å². The predicted molar refractivity (Wildman–Crippen MR) is 75.2 cm³/mol. The summed E-state index contributed by atoms with van der Waals surface area (Å²) in [5, 5.41) is 4.12. The van der Waals surface area contributed by atoms with Crippen LogP contribution in [0.25, 0.3) is 0 Å². The van der Waals surface area contributed by atoms with Gasteiger partial charge in [0.2, 0.25) is 0 Å². The molecule has 0 radical (unpaired) electrons. The van der Waals surface area contributed by atoms with Gasteiger partial charge in [-0.25, -0.2) is 0 Å². The van der Waals surface area contributed by atoms with Crippen molar-refractivity contribution in [3.63, 3.8) is 0 Å². The molecule has 90 valence electrons. The third-order valence-corrected chi connectivity index (χ3v) is 3.68. The van der Waals surface area contributed by atoms with Gasteiger partial charge in [0.05, 0.1) is 0 Å². The molecule has 0 aliphatic heterocycles. The Morgan fingerprint density at radius 3 is 2.62 bits per heavy atom. The van der Waals surface area contributed by atoms with Crippen molar-refractivity contribution in [3.05, 3.63) is 33.3 Å². The van der Waals surface area contributed by atoms with Crippen molar-refractivity contribution in [2.45, 2.75) is 32.7 Å². The molecule has 1 nitrogen and oxygen atoms in total. The van der Waals surface area contributed by atoms with E-state index in [4.69, 9.17) is 11.6 Å². The zero-order valence-electron chi connectivity index (χ0n) is 10.1. The Hall–Kier alpha value is -0.0500. The van der Waals surface area contributed by atoms with Crippen LogP contribution in [0.1, 0.15) is 25.8 Å². The van der Waals surface area contributed by atoms with Crippen LogP contribution >= 0.6 is 27.5 Å². The number of halogens is 2. The van der Waals surface area contributed by atoms with Crippen LogP contribution < -0.4 is 5.32 Å². The van der Waals surface area contributed by atoms with Crippen molar-refractivity contribution in [2.75, 3.05) is 7.05 Å². The summed E-state index contributed by atoms with van der Waals surface area (Å²) >= 11 is 9.62. The molecule has 0 aromatic heterocycles. The largest absolute Gasteiger partial charge is 0.317 e. The first-order chi connectivity index (χ1) is 7.52. The van der Waals surface area contributed by atoms with Gasteiger partial charge in [-0.3, -0.25) is 0 Å². The molecular weight excluding hydrogens is 286 g/mol. The van der Waals surface area contributed by atoms with Crippen molar-refractivity contribution < 1.29 is 0 Å². The summed E-state index contributed by atoms with van der Waals surface area (Å²) in [7, 11) is 2.00. The zero-order valence-corrected chi connectivity index (χ0v) is 12.4. The SMILES string of the molecule is CNC(C)CC(C)Cc1ccc(Br)cc1Cl. The Morgan fingerprint density at radius 2 is 2.06 bits per heavy atom. The quantitative estimate of drug-likeness (QED) is 0.856. The smallest absolute Gasteiger partial charge is 0.0449 e. The first-order valence-electron chi connectivity index (χ1n) is 5.64. The Kier molecular flexibility index (Phi) is 5.81. The van der Waals surface area contributed by atoms with Crippen LogP contribution in [-0.2, 0) is 6.42 Å². The molecule has 0 saturated carbocycles. The molecule has 0 amide bonds. The van der Waals surface area contributed by atoms with Gasteiger partial charge in [0.15, 0.2) is 0 Å². The molecule has 3 heteroatoms. The van der Waals surface area contributed by atoms with E-state index >= 15 is 0 Å². The molecule has 1 N–H and O–H groups in total. The molecule has 0 aliphatic carbocycles. The van der Waals surface area contributed by atoms with Crippen LogP contribution in [0.5, 0.6) is 0 Å². The Labute approximate surface area is 112 Å². The maximum atomic E-state index is 6.20. The normalized spacial score (nSPS) is 14.8. The number of hydrogen-bond donors (Lipinski definition) is 1. The molecule has 0 fully saturated rings. The number of rotatable bonds is 5. The van der Waals surface area contributed by atoms with E-state index in [0.717, 1.165) is 15.9 Å². The Bertz CT molecular complexity index is 341. The lowest BCUT2D eigenvalue weighted by atomic mass is 9.95. The molecule has 1 aromatic rings. The van der Waals surface area contributed by atoms with Gasteiger partial charge in [0.1, 0.15) is 0 Å². The average Bonchev–Trinajstić information content (AvgIpc) is 2.22. The van der Waals surface area contributed by atoms with Crippen LogP contribution in [0.15, 0.2) is 22.7 Å². The minimum Gasteiger partial charge on any atom is -0.317 e. The van der Waals surface area contributed by atoms with Crippen molar-refractivity contribution in [1.29, 1.82) is 0 Å². The monoisotopic (exact) mass is 303 g/mol. The van der Waals surface area contributed by atoms with E-state index in [2.05, 4.69) is 47.2 Å². The van der Waals surface area contributed by atoms with Gasteiger partial charge in [0.25, 0.3) is 0 Å². The van der Waals surface area contributed by atoms with Gasteiger partial charge in [0, 0.05) is 15.5 Å². The van der Waals surface area contributed by atoms with E-state index in [-0.39, 0.29) is 0 Å². The van der Waals surface area contributed by atoms with Gasteiger partial charge in [-0.1, -0.05) is 40.5 Å². The Morgan fingerprint density at radius 1 is 1.38 bits per heavy atom.